The van der Waals surface area contributed by atoms with Crippen LogP contribution in [0.3, 0.4) is 0 Å². The van der Waals surface area contributed by atoms with Crippen LogP contribution in [0.1, 0.15) is 32.6 Å². The molecule has 0 aliphatic heterocycles. The van der Waals surface area contributed by atoms with Crippen molar-refractivity contribution in [1.29, 1.82) is 10.5 Å². The lowest BCUT2D eigenvalue weighted by Gasteiger charge is -2.00. The Kier molecular flexibility index (Phi) is 5.48. The average Bonchev–Trinajstić information content (AvgIpc) is 1.99. The maximum absolute atomic E-state index is 8.49. The van der Waals surface area contributed by atoms with Gasteiger partial charge in [0.25, 0.3) is 0 Å². The summed E-state index contributed by atoms with van der Waals surface area (Å²) in [5, 5.41) is 16.7. The van der Waals surface area contributed by atoms with E-state index in [4.69, 9.17) is 10.5 Å². The maximum Gasteiger partial charge on any atom is 0.0655 e. The van der Waals surface area contributed by atoms with Crippen molar-refractivity contribution in [1.82, 2.24) is 0 Å². The third-order valence-corrected chi connectivity index (χ3v) is 1.52. The summed E-state index contributed by atoms with van der Waals surface area (Å²) in [4.78, 5) is 0. The highest BCUT2D eigenvalue weighted by molar-refractivity contribution is 4.82. The number of nitriles is 2. The minimum Gasteiger partial charge on any atom is -0.198 e. The van der Waals surface area contributed by atoms with Gasteiger partial charge in [-0.25, -0.2) is 0 Å². The quantitative estimate of drug-likeness (QED) is 0.556. The minimum atomic E-state index is 0.161. The molecule has 0 aromatic rings. The first-order valence-corrected chi connectivity index (χ1v) is 3.61. The van der Waals surface area contributed by atoms with Crippen LogP contribution in [0.4, 0.5) is 0 Å². The zero-order valence-corrected chi connectivity index (χ0v) is 6.30. The van der Waals surface area contributed by atoms with E-state index in [1.807, 2.05) is 6.92 Å². The van der Waals surface area contributed by atoms with Gasteiger partial charge < -0.3 is 0 Å². The molecule has 0 aromatic carbocycles. The molecule has 0 spiro atoms. The molecule has 0 aliphatic carbocycles. The molecule has 0 saturated carbocycles. The smallest absolute Gasteiger partial charge is 0.0655 e. The summed E-state index contributed by atoms with van der Waals surface area (Å²) in [5.74, 6) is 0.161. The molecule has 0 fully saturated rings. The number of rotatable bonds is 4. The molecule has 10 heavy (non-hydrogen) atoms. The molecule has 0 heterocycles. The second kappa shape index (κ2) is 6.11. The molecular weight excluding hydrogens is 124 g/mol. The van der Waals surface area contributed by atoms with Crippen LogP contribution in [0.25, 0.3) is 0 Å². The number of nitrogens with zero attached hydrogens (tertiary/aromatic N) is 2. The minimum absolute atomic E-state index is 0.161. The molecule has 0 N–H and O–H groups in total. The van der Waals surface area contributed by atoms with Crippen molar-refractivity contribution in [2.75, 3.05) is 0 Å². The van der Waals surface area contributed by atoms with Crippen LogP contribution in [0.15, 0.2) is 0 Å². The Morgan fingerprint density at radius 3 is 2.50 bits per heavy atom. The molecule has 54 valence electrons. The van der Waals surface area contributed by atoms with E-state index in [1.165, 1.54) is 0 Å². The van der Waals surface area contributed by atoms with E-state index >= 15 is 0 Å². The largest absolute Gasteiger partial charge is 0.198 e. The summed E-state index contributed by atoms with van der Waals surface area (Å²) in [6.07, 6.45) is 3.23. The van der Waals surface area contributed by atoms with Gasteiger partial charge in [-0.15, -0.1) is 0 Å². The summed E-state index contributed by atoms with van der Waals surface area (Å²) in [7, 11) is 0. The van der Waals surface area contributed by atoms with Gasteiger partial charge in [-0.1, -0.05) is 6.92 Å². The third-order valence-electron chi connectivity index (χ3n) is 1.52. The molecular formula is C8H12N2. The Morgan fingerprint density at radius 2 is 2.10 bits per heavy atom. The van der Waals surface area contributed by atoms with Gasteiger partial charge in [0.15, 0.2) is 0 Å². The first kappa shape index (κ1) is 8.98. The SMILES string of the molecule is CCC(C#N)CCCC#N. The lowest BCUT2D eigenvalue weighted by Crippen LogP contribution is -1.93. The van der Waals surface area contributed by atoms with E-state index in [-0.39, 0.29) is 5.92 Å². The highest BCUT2D eigenvalue weighted by atomic mass is 14.3. The van der Waals surface area contributed by atoms with E-state index in [0.29, 0.717) is 6.42 Å². The molecule has 0 rings (SSSR count). The van der Waals surface area contributed by atoms with Crippen molar-refractivity contribution in [2.24, 2.45) is 5.92 Å². The fourth-order valence-corrected chi connectivity index (χ4v) is 0.787. The van der Waals surface area contributed by atoms with Crippen LogP contribution < -0.4 is 0 Å². The van der Waals surface area contributed by atoms with Crippen LogP contribution >= 0.6 is 0 Å². The summed E-state index contributed by atoms with van der Waals surface area (Å²) in [6.45, 7) is 2.00. The second-order valence-corrected chi connectivity index (χ2v) is 2.28. The summed E-state index contributed by atoms with van der Waals surface area (Å²) in [6, 6.07) is 4.26. The molecule has 0 aromatic heterocycles. The zero-order valence-electron chi connectivity index (χ0n) is 6.30. The van der Waals surface area contributed by atoms with E-state index in [1.54, 1.807) is 0 Å². The Balaban J connectivity index is 3.30. The highest BCUT2D eigenvalue weighted by Gasteiger charge is 2.01. The number of unbranched alkanes of at least 4 members (excludes halogenated alkanes) is 1. The molecule has 0 saturated heterocycles. The first-order valence-electron chi connectivity index (χ1n) is 3.61. The predicted molar refractivity (Wildman–Crippen MR) is 38.9 cm³/mol. The summed E-state index contributed by atoms with van der Waals surface area (Å²) in [5.41, 5.74) is 0. The van der Waals surface area contributed by atoms with Crippen molar-refractivity contribution in [3.05, 3.63) is 0 Å². The average molecular weight is 136 g/mol. The molecule has 0 aliphatic rings. The van der Waals surface area contributed by atoms with Gasteiger partial charge in [-0.3, -0.25) is 0 Å². The number of hydrogen-bond donors (Lipinski definition) is 0. The lowest BCUT2D eigenvalue weighted by atomic mass is 10.0. The van der Waals surface area contributed by atoms with Crippen molar-refractivity contribution in [2.45, 2.75) is 32.6 Å². The number of hydrogen-bond acceptors (Lipinski definition) is 2. The van der Waals surface area contributed by atoms with Gasteiger partial charge >= 0.3 is 0 Å². The van der Waals surface area contributed by atoms with Crippen molar-refractivity contribution in [3.8, 4) is 12.1 Å². The van der Waals surface area contributed by atoms with E-state index < -0.39 is 0 Å². The van der Waals surface area contributed by atoms with Crippen LogP contribution in [-0.4, -0.2) is 0 Å². The van der Waals surface area contributed by atoms with Gasteiger partial charge in [0.05, 0.1) is 12.1 Å². The zero-order chi connectivity index (χ0) is 7.82. The Hall–Kier alpha value is -1.02. The highest BCUT2D eigenvalue weighted by Crippen LogP contribution is 2.10. The Labute approximate surface area is 62.1 Å². The molecule has 0 radical (unpaired) electrons. The van der Waals surface area contributed by atoms with Crippen molar-refractivity contribution in [3.63, 3.8) is 0 Å². The molecule has 2 nitrogen and oxygen atoms in total. The van der Waals surface area contributed by atoms with Crippen molar-refractivity contribution < 1.29 is 0 Å². The first-order chi connectivity index (χ1) is 4.85. The van der Waals surface area contributed by atoms with E-state index in [2.05, 4.69) is 12.1 Å². The summed E-state index contributed by atoms with van der Waals surface area (Å²) < 4.78 is 0. The third kappa shape index (κ3) is 3.92. The fraction of sp³-hybridized carbons (Fsp3) is 0.750. The summed E-state index contributed by atoms with van der Waals surface area (Å²) >= 11 is 0. The van der Waals surface area contributed by atoms with E-state index in [9.17, 15) is 0 Å². The Bertz CT molecular complexity index is 150. The van der Waals surface area contributed by atoms with Gasteiger partial charge in [-0.2, -0.15) is 10.5 Å². The van der Waals surface area contributed by atoms with Crippen molar-refractivity contribution >= 4 is 0 Å². The molecule has 1 atom stereocenters. The predicted octanol–water partition coefficient (Wildman–Crippen LogP) is 2.23. The van der Waals surface area contributed by atoms with E-state index in [0.717, 1.165) is 19.3 Å². The molecule has 1 unspecified atom stereocenters. The van der Waals surface area contributed by atoms with Crippen LogP contribution in [0, 0.1) is 28.6 Å². The van der Waals surface area contributed by atoms with Crippen LogP contribution in [0.5, 0.6) is 0 Å². The maximum atomic E-state index is 8.49. The van der Waals surface area contributed by atoms with Crippen LogP contribution in [-0.2, 0) is 0 Å². The van der Waals surface area contributed by atoms with Crippen LogP contribution in [0.2, 0.25) is 0 Å². The van der Waals surface area contributed by atoms with Gasteiger partial charge in [0.1, 0.15) is 0 Å². The molecule has 2 heteroatoms. The normalized spacial score (nSPS) is 11.5. The van der Waals surface area contributed by atoms with Gasteiger partial charge in [-0.05, 0) is 19.3 Å². The lowest BCUT2D eigenvalue weighted by molar-refractivity contribution is 0.562. The standard InChI is InChI=1S/C8H12N2/c1-2-8(7-10)5-3-4-6-9/h8H,2-5H2,1H3. The second-order valence-electron chi connectivity index (χ2n) is 2.28. The molecule has 0 amide bonds. The topological polar surface area (TPSA) is 47.6 Å². The van der Waals surface area contributed by atoms with Gasteiger partial charge in [0.2, 0.25) is 0 Å². The Morgan fingerprint density at radius 1 is 1.40 bits per heavy atom. The fourth-order valence-electron chi connectivity index (χ4n) is 0.787. The molecule has 0 bridgehead atoms. The van der Waals surface area contributed by atoms with Gasteiger partial charge in [0, 0.05) is 12.3 Å². The monoisotopic (exact) mass is 136 g/mol.